The van der Waals surface area contributed by atoms with Crippen LogP contribution in [0.15, 0.2) is 18.2 Å². The Morgan fingerprint density at radius 2 is 1.76 bits per heavy atom. The summed E-state index contributed by atoms with van der Waals surface area (Å²) in [5.74, 6) is 0.992. The average molecular weight is 254 g/mol. The molecule has 3 nitrogen and oxygen atoms in total. The van der Waals surface area contributed by atoms with E-state index in [1.807, 2.05) is 18.2 Å². The SMILES string of the molecule is CC(C)(C)N1CCN(c2cccc(Cl)n2)CC1. The predicted octanol–water partition coefficient (Wildman–Crippen LogP) is 2.66. The van der Waals surface area contributed by atoms with Crippen molar-refractivity contribution < 1.29 is 0 Å². The molecule has 1 aromatic rings. The van der Waals surface area contributed by atoms with Gasteiger partial charge >= 0.3 is 0 Å². The molecule has 1 aliphatic heterocycles. The molecule has 0 amide bonds. The number of rotatable bonds is 1. The molecule has 0 spiro atoms. The van der Waals surface area contributed by atoms with Crippen molar-refractivity contribution in [2.45, 2.75) is 26.3 Å². The van der Waals surface area contributed by atoms with Crippen LogP contribution >= 0.6 is 11.6 Å². The van der Waals surface area contributed by atoms with E-state index in [-0.39, 0.29) is 5.54 Å². The molecule has 0 N–H and O–H groups in total. The number of halogens is 1. The summed E-state index contributed by atoms with van der Waals surface area (Å²) >= 11 is 5.92. The van der Waals surface area contributed by atoms with Crippen LogP contribution in [-0.4, -0.2) is 41.6 Å². The zero-order valence-corrected chi connectivity index (χ0v) is 11.5. The van der Waals surface area contributed by atoms with Gasteiger partial charge in [0, 0.05) is 31.7 Å². The van der Waals surface area contributed by atoms with E-state index in [0.717, 1.165) is 32.0 Å². The highest BCUT2D eigenvalue weighted by Gasteiger charge is 2.26. The molecule has 2 rings (SSSR count). The molecule has 0 bridgehead atoms. The fourth-order valence-corrected chi connectivity index (χ4v) is 2.34. The Hall–Kier alpha value is -0.800. The number of anilines is 1. The van der Waals surface area contributed by atoms with Crippen molar-refractivity contribution in [1.29, 1.82) is 0 Å². The minimum atomic E-state index is 0.258. The zero-order chi connectivity index (χ0) is 12.5. The van der Waals surface area contributed by atoms with Gasteiger partial charge in [-0.05, 0) is 32.9 Å². The lowest BCUT2D eigenvalue weighted by Crippen LogP contribution is -2.53. The zero-order valence-electron chi connectivity index (χ0n) is 10.8. The first-order chi connectivity index (χ1) is 7.97. The number of pyridine rings is 1. The molecule has 1 fully saturated rings. The standard InChI is InChI=1S/C13H20ClN3/c1-13(2,3)17-9-7-16(8-10-17)12-6-4-5-11(14)15-12/h4-6H,7-10H2,1-3H3. The summed E-state index contributed by atoms with van der Waals surface area (Å²) in [5.41, 5.74) is 0.258. The summed E-state index contributed by atoms with van der Waals surface area (Å²) in [6, 6.07) is 5.80. The molecule has 0 radical (unpaired) electrons. The normalized spacial score (nSPS) is 18.5. The van der Waals surface area contributed by atoms with E-state index in [2.05, 4.69) is 35.6 Å². The molecule has 0 unspecified atom stereocenters. The third-order valence-corrected chi connectivity index (χ3v) is 3.46. The minimum Gasteiger partial charge on any atom is -0.354 e. The largest absolute Gasteiger partial charge is 0.354 e. The van der Waals surface area contributed by atoms with E-state index in [1.54, 1.807) is 0 Å². The van der Waals surface area contributed by atoms with Crippen LogP contribution in [-0.2, 0) is 0 Å². The summed E-state index contributed by atoms with van der Waals surface area (Å²) < 4.78 is 0. The Kier molecular flexibility index (Phi) is 3.59. The van der Waals surface area contributed by atoms with Gasteiger partial charge in [-0.3, -0.25) is 4.90 Å². The van der Waals surface area contributed by atoms with Gasteiger partial charge in [-0.25, -0.2) is 4.98 Å². The maximum atomic E-state index is 5.92. The summed E-state index contributed by atoms with van der Waals surface area (Å²) in [6.45, 7) is 11.0. The van der Waals surface area contributed by atoms with Crippen LogP contribution in [0.2, 0.25) is 5.15 Å². The lowest BCUT2D eigenvalue weighted by Gasteiger charge is -2.42. The van der Waals surface area contributed by atoms with Gasteiger partial charge in [0.15, 0.2) is 0 Å². The number of hydrogen-bond acceptors (Lipinski definition) is 3. The second-order valence-electron chi connectivity index (χ2n) is 5.46. The quantitative estimate of drug-likeness (QED) is 0.718. The first kappa shape index (κ1) is 12.7. The van der Waals surface area contributed by atoms with Crippen LogP contribution in [0.25, 0.3) is 0 Å². The Morgan fingerprint density at radius 3 is 2.29 bits per heavy atom. The van der Waals surface area contributed by atoms with Crippen molar-refractivity contribution in [3.63, 3.8) is 0 Å². The average Bonchev–Trinajstić information content (AvgIpc) is 2.28. The molecule has 2 heterocycles. The fraction of sp³-hybridized carbons (Fsp3) is 0.615. The van der Waals surface area contributed by atoms with Gasteiger partial charge < -0.3 is 4.90 Å². The summed E-state index contributed by atoms with van der Waals surface area (Å²) in [5, 5.41) is 0.570. The summed E-state index contributed by atoms with van der Waals surface area (Å²) in [6.07, 6.45) is 0. The van der Waals surface area contributed by atoms with E-state index < -0.39 is 0 Å². The lowest BCUT2D eigenvalue weighted by atomic mass is 10.1. The number of piperazine rings is 1. The van der Waals surface area contributed by atoms with Gasteiger partial charge in [-0.2, -0.15) is 0 Å². The molecule has 4 heteroatoms. The van der Waals surface area contributed by atoms with Gasteiger partial charge in [0.1, 0.15) is 11.0 Å². The van der Waals surface area contributed by atoms with Crippen molar-refractivity contribution in [3.05, 3.63) is 23.4 Å². The Morgan fingerprint density at radius 1 is 1.12 bits per heavy atom. The molecule has 1 aromatic heterocycles. The van der Waals surface area contributed by atoms with E-state index >= 15 is 0 Å². The van der Waals surface area contributed by atoms with Crippen molar-refractivity contribution in [2.24, 2.45) is 0 Å². The highest BCUT2D eigenvalue weighted by molar-refractivity contribution is 6.29. The molecule has 1 saturated heterocycles. The summed E-state index contributed by atoms with van der Waals surface area (Å²) in [7, 11) is 0. The summed E-state index contributed by atoms with van der Waals surface area (Å²) in [4.78, 5) is 9.16. The molecular formula is C13H20ClN3. The second-order valence-corrected chi connectivity index (χ2v) is 5.85. The van der Waals surface area contributed by atoms with Crippen molar-refractivity contribution in [2.75, 3.05) is 31.1 Å². The highest BCUT2D eigenvalue weighted by atomic mass is 35.5. The van der Waals surface area contributed by atoms with Crippen LogP contribution < -0.4 is 4.90 Å². The van der Waals surface area contributed by atoms with Gasteiger partial charge in [0.05, 0.1) is 0 Å². The van der Waals surface area contributed by atoms with Gasteiger partial charge in [0.25, 0.3) is 0 Å². The second kappa shape index (κ2) is 4.83. The number of hydrogen-bond donors (Lipinski definition) is 0. The molecule has 0 aromatic carbocycles. The maximum absolute atomic E-state index is 5.92. The van der Waals surface area contributed by atoms with Gasteiger partial charge in [-0.15, -0.1) is 0 Å². The van der Waals surface area contributed by atoms with Crippen LogP contribution in [0.3, 0.4) is 0 Å². The van der Waals surface area contributed by atoms with E-state index in [1.165, 1.54) is 0 Å². The molecular weight excluding hydrogens is 234 g/mol. The Labute approximate surface area is 108 Å². The van der Waals surface area contributed by atoms with Crippen LogP contribution in [0, 0.1) is 0 Å². The third kappa shape index (κ3) is 3.11. The van der Waals surface area contributed by atoms with Gasteiger partial charge in [0.2, 0.25) is 0 Å². The molecule has 0 aliphatic carbocycles. The molecule has 17 heavy (non-hydrogen) atoms. The first-order valence-electron chi connectivity index (χ1n) is 6.09. The van der Waals surface area contributed by atoms with Crippen LogP contribution in [0.5, 0.6) is 0 Å². The van der Waals surface area contributed by atoms with E-state index in [0.29, 0.717) is 5.15 Å². The highest BCUT2D eigenvalue weighted by Crippen LogP contribution is 2.20. The third-order valence-electron chi connectivity index (χ3n) is 3.25. The van der Waals surface area contributed by atoms with Crippen molar-refractivity contribution in [3.8, 4) is 0 Å². The number of nitrogens with zero attached hydrogens (tertiary/aromatic N) is 3. The molecule has 94 valence electrons. The first-order valence-corrected chi connectivity index (χ1v) is 6.47. The smallest absolute Gasteiger partial charge is 0.131 e. The Balaban J connectivity index is 2.00. The molecule has 0 atom stereocenters. The van der Waals surface area contributed by atoms with Crippen LogP contribution in [0.1, 0.15) is 20.8 Å². The maximum Gasteiger partial charge on any atom is 0.131 e. The number of aromatic nitrogens is 1. The monoisotopic (exact) mass is 253 g/mol. The molecule has 1 aliphatic rings. The molecule has 0 saturated carbocycles. The fourth-order valence-electron chi connectivity index (χ4n) is 2.18. The van der Waals surface area contributed by atoms with Crippen molar-refractivity contribution >= 4 is 17.4 Å². The predicted molar refractivity (Wildman–Crippen MR) is 72.8 cm³/mol. The minimum absolute atomic E-state index is 0.258. The van der Waals surface area contributed by atoms with Crippen LogP contribution in [0.4, 0.5) is 5.82 Å². The van der Waals surface area contributed by atoms with Crippen molar-refractivity contribution in [1.82, 2.24) is 9.88 Å². The van der Waals surface area contributed by atoms with E-state index in [4.69, 9.17) is 11.6 Å². The van der Waals surface area contributed by atoms with E-state index in [9.17, 15) is 0 Å². The lowest BCUT2D eigenvalue weighted by molar-refractivity contribution is 0.128. The van der Waals surface area contributed by atoms with Gasteiger partial charge in [-0.1, -0.05) is 17.7 Å². The Bertz CT molecular complexity index is 378. The topological polar surface area (TPSA) is 19.4 Å².